The Bertz CT molecular complexity index is 144. The van der Waals surface area contributed by atoms with Gasteiger partial charge in [0, 0.05) is 0 Å². The van der Waals surface area contributed by atoms with E-state index in [1.165, 1.54) is 0 Å². The summed E-state index contributed by atoms with van der Waals surface area (Å²) in [5.41, 5.74) is 0.0149. The molecule has 0 fully saturated rings. The number of hydrogen-bond donors (Lipinski definition) is 0. The fourth-order valence-corrected chi connectivity index (χ4v) is 1.38. The molecule has 0 spiro atoms. The van der Waals surface area contributed by atoms with E-state index in [-0.39, 0.29) is 17.3 Å². The van der Waals surface area contributed by atoms with E-state index in [1.807, 2.05) is 13.8 Å². The molecule has 0 aliphatic heterocycles. The van der Waals surface area contributed by atoms with Crippen LogP contribution < -0.4 is 0 Å². The van der Waals surface area contributed by atoms with E-state index in [2.05, 4.69) is 20.8 Å². The fourth-order valence-electron chi connectivity index (χ4n) is 1.38. The van der Waals surface area contributed by atoms with Gasteiger partial charge >= 0.3 is 5.97 Å². The Labute approximate surface area is 75.3 Å². The van der Waals surface area contributed by atoms with Gasteiger partial charge in [0.15, 0.2) is 0 Å². The van der Waals surface area contributed by atoms with E-state index in [4.69, 9.17) is 4.74 Å². The van der Waals surface area contributed by atoms with Gasteiger partial charge in [-0.05, 0) is 18.8 Å². The third kappa shape index (κ3) is 3.24. The molecular weight excluding hydrogens is 152 g/mol. The molecule has 0 aromatic carbocycles. The zero-order valence-electron chi connectivity index (χ0n) is 8.81. The SMILES string of the molecule is CCOC(=O)[C@@H](CC)C(C)(C)C. The normalized spacial score (nSPS) is 14.1. The van der Waals surface area contributed by atoms with Crippen molar-refractivity contribution in [2.75, 3.05) is 6.61 Å². The lowest BCUT2D eigenvalue weighted by molar-refractivity contribution is -0.152. The minimum absolute atomic E-state index is 0.0149. The number of carbonyl (C=O) groups excluding carboxylic acids is 1. The highest BCUT2D eigenvalue weighted by Crippen LogP contribution is 2.29. The van der Waals surface area contributed by atoms with E-state index in [1.54, 1.807) is 0 Å². The number of rotatable bonds is 3. The van der Waals surface area contributed by atoms with Crippen molar-refractivity contribution in [2.45, 2.75) is 41.0 Å². The van der Waals surface area contributed by atoms with E-state index in [0.29, 0.717) is 6.61 Å². The van der Waals surface area contributed by atoms with Gasteiger partial charge in [0.2, 0.25) is 0 Å². The lowest BCUT2D eigenvalue weighted by Gasteiger charge is -2.27. The molecule has 0 amide bonds. The van der Waals surface area contributed by atoms with Crippen molar-refractivity contribution in [2.24, 2.45) is 11.3 Å². The molecule has 0 N–H and O–H groups in total. The smallest absolute Gasteiger partial charge is 0.309 e. The third-order valence-electron chi connectivity index (χ3n) is 2.02. The summed E-state index contributed by atoms with van der Waals surface area (Å²) in [7, 11) is 0. The molecule has 0 aromatic heterocycles. The van der Waals surface area contributed by atoms with Gasteiger partial charge in [-0.25, -0.2) is 0 Å². The molecule has 72 valence electrons. The minimum atomic E-state index is -0.0625. The predicted octanol–water partition coefficient (Wildman–Crippen LogP) is 2.62. The zero-order chi connectivity index (χ0) is 9.78. The van der Waals surface area contributed by atoms with Crippen LogP contribution in [-0.4, -0.2) is 12.6 Å². The Hall–Kier alpha value is -0.530. The predicted molar refractivity (Wildman–Crippen MR) is 49.9 cm³/mol. The van der Waals surface area contributed by atoms with Crippen LogP contribution >= 0.6 is 0 Å². The average molecular weight is 172 g/mol. The molecule has 0 aliphatic carbocycles. The molecule has 0 rings (SSSR count). The maximum absolute atomic E-state index is 11.4. The van der Waals surface area contributed by atoms with Crippen LogP contribution in [0.1, 0.15) is 41.0 Å². The van der Waals surface area contributed by atoms with Crippen LogP contribution in [-0.2, 0) is 9.53 Å². The second-order valence-corrected chi connectivity index (χ2v) is 4.08. The standard InChI is InChI=1S/C10H20O2/c1-6-8(10(3,4)5)9(11)12-7-2/h8H,6-7H2,1-5H3/t8-/m1/s1. The summed E-state index contributed by atoms with van der Waals surface area (Å²) in [4.78, 5) is 11.4. The van der Waals surface area contributed by atoms with Gasteiger partial charge in [-0.2, -0.15) is 0 Å². The fraction of sp³-hybridized carbons (Fsp3) is 0.900. The van der Waals surface area contributed by atoms with E-state index in [9.17, 15) is 4.79 Å². The van der Waals surface area contributed by atoms with Crippen LogP contribution in [0.3, 0.4) is 0 Å². The quantitative estimate of drug-likeness (QED) is 0.612. The number of esters is 1. The van der Waals surface area contributed by atoms with E-state index >= 15 is 0 Å². The molecular formula is C10H20O2. The number of hydrogen-bond acceptors (Lipinski definition) is 2. The van der Waals surface area contributed by atoms with Crippen LogP contribution in [0.2, 0.25) is 0 Å². The molecule has 2 nitrogen and oxygen atoms in total. The van der Waals surface area contributed by atoms with Crippen LogP contribution in [0.4, 0.5) is 0 Å². The van der Waals surface area contributed by atoms with Crippen molar-refractivity contribution in [1.29, 1.82) is 0 Å². The molecule has 0 saturated carbocycles. The number of ether oxygens (including phenoxy) is 1. The van der Waals surface area contributed by atoms with Crippen LogP contribution in [0, 0.1) is 11.3 Å². The van der Waals surface area contributed by atoms with Crippen LogP contribution in [0.25, 0.3) is 0 Å². The van der Waals surface area contributed by atoms with Crippen molar-refractivity contribution in [3.8, 4) is 0 Å². The Balaban J connectivity index is 4.25. The highest BCUT2D eigenvalue weighted by molar-refractivity contribution is 5.73. The van der Waals surface area contributed by atoms with Crippen molar-refractivity contribution in [3.63, 3.8) is 0 Å². The van der Waals surface area contributed by atoms with Gasteiger partial charge in [0.05, 0.1) is 12.5 Å². The maximum Gasteiger partial charge on any atom is 0.309 e. The summed E-state index contributed by atoms with van der Waals surface area (Å²) < 4.78 is 4.98. The van der Waals surface area contributed by atoms with Gasteiger partial charge in [-0.3, -0.25) is 4.79 Å². The second kappa shape index (κ2) is 4.48. The molecule has 12 heavy (non-hydrogen) atoms. The molecule has 0 saturated heterocycles. The Morgan fingerprint density at radius 1 is 1.33 bits per heavy atom. The van der Waals surface area contributed by atoms with Crippen LogP contribution in [0.15, 0.2) is 0 Å². The molecule has 0 aromatic rings. The van der Waals surface area contributed by atoms with Crippen molar-refractivity contribution >= 4 is 5.97 Å². The summed E-state index contributed by atoms with van der Waals surface area (Å²) in [5, 5.41) is 0. The van der Waals surface area contributed by atoms with Gasteiger partial charge in [-0.1, -0.05) is 27.7 Å². The second-order valence-electron chi connectivity index (χ2n) is 4.08. The van der Waals surface area contributed by atoms with Gasteiger partial charge in [-0.15, -0.1) is 0 Å². The number of carbonyl (C=O) groups is 1. The monoisotopic (exact) mass is 172 g/mol. The first-order valence-electron chi connectivity index (χ1n) is 4.60. The van der Waals surface area contributed by atoms with Crippen LogP contribution in [0.5, 0.6) is 0 Å². The van der Waals surface area contributed by atoms with Gasteiger partial charge in [0.25, 0.3) is 0 Å². The largest absolute Gasteiger partial charge is 0.466 e. The third-order valence-corrected chi connectivity index (χ3v) is 2.02. The highest BCUT2D eigenvalue weighted by atomic mass is 16.5. The minimum Gasteiger partial charge on any atom is -0.466 e. The Morgan fingerprint density at radius 2 is 1.83 bits per heavy atom. The molecule has 0 unspecified atom stereocenters. The Morgan fingerprint density at radius 3 is 2.08 bits per heavy atom. The summed E-state index contributed by atoms with van der Waals surface area (Å²) in [5.74, 6) is -0.0371. The maximum atomic E-state index is 11.4. The topological polar surface area (TPSA) is 26.3 Å². The molecule has 0 radical (unpaired) electrons. The van der Waals surface area contributed by atoms with Crippen molar-refractivity contribution in [1.82, 2.24) is 0 Å². The first-order valence-corrected chi connectivity index (χ1v) is 4.60. The molecule has 0 bridgehead atoms. The van der Waals surface area contributed by atoms with E-state index < -0.39 is 0 Å². The lowest BCUT2D eigenvalue weighted by Crippen LogP contribution is -2.29. The van der Waals surface area contributed by atoms with Gasteiger partial charge in [0.1, 0.15) is 0 Å². The van der Waals surface area contributed by atoms with Crippen molar-refractivity contribution < 1.29 is 9.53 Å². The molecule has 0 heterocycles. The first kappa shape index (κ1) is 11.5. The summed E-state index contributed by atoms with van der Waals surface area (Å²) in [6.45, 7) is 10.5. The first-order chi connectivity index (χ1) is 5.43. The van der Waals surface area contributed by atoms with Crippen molar-refractivity contribution in [3.05, 3.63) is 0 Å². The average Bonchev–Trinajstić information content (AvgIpc) is 1.85. The molecule has 2 heteroatoms. The summed E-state index contributed by atoms with van der Waals surface area (Å²) >= 11 is 0. The molecule has 1 atom stereocenters. The molecule has 0 aliphatic rings. The highest BCUT2D eigenvalue weighted by Gasteiger charge is 2.30. The van der Waals surface area contributed by atoms with E-state index in [0.717, 1.165) is 6.42 Å². The Kier molecular flexibility index (Phi) is 4.29. The summed E-state index contributed by atoms with van der Waals surface area (Å²) in [6, 6.07) is 0. The summed E-state index contributed by atoms with van der Waals surface area (Å²) in [6.07, 6.45) is 0.850. The lowest BCUT2D eigenvalue weighted by atomic mass is 9.79. The zero-order valence-corrected chi connectivity index (χ0v) is 8.81. The van der Waals surface area contributed by atoms with Gasteiger partial charge < -0.3 is 4.74 Å².